The molecule has 0 heterocycles. The van der Waals surface area contributed by atoms with Gasteiger partial charge in [0.25, 0.3) is 0 Å². The zero-order chi connectivity index (χ0) is 23.8. The van der Waals surface area contributed by atoms with Gasteiger partial charge in [0, 0.05) is 24.4 Å². The minimum atomic E-state index is -0.970. The molecule has 0 radical (unpaired) electrons. The third-order valence-corrected chi connectivity index (χ3v) is 5.89. The van der Waals surface area contributed by atoms with Crippen LogP contribution in [0.3, 0.4) is 0 Å². The highest BCUT2D eigenvalue weighted by atomic mass is 16.5. The van der Waals surface area contributed by atoms with Gasteiger partial charge in [-0.15, -0.1) is 0 Å². The number of carboxylic acid groups (broad SMARTS) is 1. The van der Waals surface area contributed by atoms with Crippen LogP contribution in [0.4, 0.5) is 4.79 Å². The lowest BCUT2D eigenvalue weighted by Crippen LogP contribution is -2.42. The number of fused-ring (bicyclic) bond motifs is 3. The van der Waals surface area contributed by atoms with Crippen molar-refractivity contribution in [1.82, 2.24) is 10.6 Å². The standard InChI is InChI=1S/C26H32N2O5/c1-3-4-9-18(15-24(29)27-17(2)14-25(30)31)28-26(32)33-16-23-21-12-7-5-10-19(21)20-11-6-8-13-22(20)23/h5-8,10-13,17-18,23H,3-4,9,14-16H2,1-2H3,(H,27,29)(H,28,32)(H,30,31)/t17-,18?/m0/s1. The Balaban J connectivity index is 1.58. The van der Waals surface area contributed by atoms with Crippen LogP contribution in [0.1, 0.15) is 63.0 Å². The summed E-state index contributed by atoms with van der Waals surface area (Å²) in [6.45, 7) is 3.90. The second-order valence-electron chi connectivity index (χ2n) is 8.58. The first kappa shape index (κ1) is 24.3. The summed E-state index contributed by atoms with van der Waals surface area (Å²) >= 11 is 0. The number of hydrogen-bond donors (Lipinski definition) is 3. The molecule has 2 atom stereocenters. The van der Waals surface area contributed by atoms with E-state index in [0.717, 1.165) is 35.1 Å². The van der Waals surface area contributed by atoms with E-state index in [2.05, 4.69) is 34.9 Å². The Morgan fingerprint density at radius 3 is 2.15 bits per heavy atom. The molecule has 176 valence electrons. The third-order valence-electron chi connectivity index (χ3n) is 5.89. The minimum Gasteiger partial charge on any atom is -0.481 e. The summed E-state index contributed by atoms with van der Waals surface area (Å²) in [5.41, 5.74) is 4.60. The number of carbonyl (C=O) groups is 3. The Labute approximate surface area is 194 Å². The van der Waals surface area contributed by atoms with E-state index in [1.54, 1.807) is 6.92 Å². The molecule has 2 aromatic carbocycles. The van der Waals surface area contributed by atoms with Gasteiger partial charge in [-0.25, -0.2) is 4.79 Å². The molecule has 1 unspecified atom stereocenters. The number of hydrogen-bond acceptors (Lipinski definition) is 4. The van der Waals surface area contributed by atoms with E-state index in [0.29, 0.717) is 6.42 Å². The minimum absolute atomic E-state index is 0.0302. The van der Waals surface area contributed by atoms with Crippen LogP contribution in [0.5, 0.6) is 0 Å². The van der Waals surface area contributed by atoms with Crippen molar-refractivity contribution in [2.75, 3.05) is 6.61 Å². The van der Waals surface area contributed by atoms with E-state index in [9.17, 15) is 14.4 Å². The molecule has 33 heavy (non-hydrogen) atoms. The van der Waals surface area contributed by atoms with Crippen LogP contribution in [0.25, 0.3) is 11.1 Å². The van der Waals surface area contributed by atoms with Crippen LogP contribution in [0.15, 0.2) is 48.5 Å². The fourth-order valence-corrected chi connectivity index (χ4v) is 4.35. The summed E-state index contributed by atoms with van der Waals surface area (Å²) in [5.74, 6) is -1.29. The van der Waals surface area contributed by atoms with Crippen LogP contribution >= 0.6 is 0 Å². The molecule has 0 saturated carbocycles. The lowest BCUT2D eigenvalue weighted by Gasteiger charge is -2.20. The normalized spacial score (nSPS) is 14.0. The summed E-state index contributed by atoms with van der Waals surface area (Å²) in [6, 6.07) is 15.4. The summed E-state index contributed by atoms with van der Waals surface area (Å²) in [7, 11) is 0. The number of rotatable bonds is 11. The molecule has 3 rings (SSSR count). The topological polar surface area (TPSA) is 105 Å². The molecule has 0 spiro atoms. The lowest BCUT2D eigenvalue weighted by atomic mass is 9.98. The van der Waals surface area contributed by atoms with Gasteiger partial charge in [-0.1, -0.05) is 68.3 Å². The zero-order valence-electron chi connectivity index (χ0n) is 19.2. The molecule has 0 saturated heterocycles. The number of carbonyl (C=O) groups excluding carboxylic acids is 2. The second-order valence-corrected chi connectivity index (χ2v) is 8.58. The fourth-order valence-electron chi connectivity index (χ4n) is 4.35. The van der Waals surface area contributed by atoms with Gasteiger partial charge < -0.3 is 20.5 Å². The first-order valence-electron chi connectivity index (χ1n) is 11.5. The average Bonchev–Trinajstić information content (AvgIpc) is 3.09. The number of alkyl carbamates (subject to hydrolysis) is 1. The number of benzene rings is 2. The Hall–Kier alpha value is -3.35. The van der Waals surface area contributed by atoms with Gasteiger partial charge in [0.05, 0.1) is 6.42 Å². The highest BCUT2D eigenvalue weighted by molar-refractivity contribution is 5.80. The molecule has 1 aliphatic rings. The Kier molecular flexibility index (Phi) is 8.46. The van der Waals surface area contributed by atoms with E-state index >= 15 is 0 Å². The highest BCUT2D eigenvalue weighted by Gasteiger charge is 2.29. The molecule has 2 amide bonds. The van der Waals surface area contributed by atoms with Gasteiger partial charge in [-0.05, 0) is 35.6 Å². The average molecular weight is 453 g/mol. The van der Waals surface area contributed by atoms with Crippen molar-refractivity contribution in [2.45, 2.75) is 64.0 Å². The summed E-state index contributed by atoms with van der Waals surface area (Å²) in [6.07, 6.45) is 1.80. The molecular weight excluding hydrogens is 420 g/mol. The molecule has 1 aliphatic carbocycles. The summed E-state index contributed by atoms with van der Waals surface area (Å²) in [5, 5.41) is 14.4. The first-order valence-corrected chi connectivity index (χ1v) is 11.5. The Morgan fingerprint density at radius 2 is 1.58 bits per heavy atom. The van der Waals surface area contributed by atoms with Crippen molar-refractivity contribution in [3.8, 4) is 11.1 Å². The van der Waals surface area contributed by atoms with Gasteiger partial charge in [0.15, 0.2) is 0 Å². The smallest absolute Gasteiger partial charge is 0.407 e. The maximum atomic E-state index is 12.6. The van der Waals surface area contributed by atoms with E-state index in [-0.39, 0.29) is 37.3 Å². The van der Waals surface area contributed by atoms with Gasteiger partial charge in [0.1, 0.15) is 6.61 Å². The van der Waals surface area contributed by atoms with Crippen LogP contribution in [0, 0.1) is 0 Å². The van der Waals surface area contributed by atoms with Crippen molar-refractivity contribution < 1.29 is 24.2 Å². The van der Waals surface area contributed by atoms with Crippen molar-refractivity contribution in [1.29, 1.82) is 0 Å². The first-order chi connectivity index (χ1) is 15.9. The van der Waals surface area contributed by atoms with Crippen molar-refractivity contribution in [3.05, 3.63) is 59.7 Å². The monoisotopic (exact) mass is 452 g/mol. The molecular formula is C26H32N2O5. The lowest BCUT2D eigenvalue weighted by molar-refractivity contribution is -0.137. The molecule has 2 aromatic rings. The molecule has 7 heteroatoms. The number of aliphatic carboxylic acids is 1. The van der Waals surface area contributed by atoms with Crippen molar-refractivity contribution in [3.63, 3.8) is 0 Å². The molecule has 0 aromatic heterocycles. The second kappa shape index (κ2) is 11.5. The van der Waals surface area contributed by atoms with Crippen molar-refractivity contribution in [2.24, 2.45) is 0 Å². The van der Waals surface area contributed by atoms with Crippen LogP contribution in [-0.2, 0) is 14.3 Å². The maximum Gasteiger partial charge on any atom is 0.407 e. The Bertz CT molecular complexity index is 945. The number of nitrogens with one attached hydrogen (secondary N) is 2. The molecule has 3 N–H and O–H groups in total. The third kappa shape index (κ3) is 6.57. The zero-order valence-corrected chi connectivity index (χ0v) is 19.2. The number of amides is 2. The van der Waals surface area contributed by atoms with E-state index < -0.39 is 18.1 Å². The van der Waals surface area contributed by atoms with E-state index in [4.69, 9.17) is 9.84 Å². The van der Waals surface area contributed by atoms with Gasteiger partial charge in [-0.3, -0.25) is 9.59 Å². The predicted octanol–water partition coefficient (Wildman–Crippen LogP) is 4.45. The summed E-state index contributed by atoms with van der Waals surface area (Å²) < 4.78 is 5.61. The number of unbranched alkanes of at least 4 members (excludes halogenated alkanes) is 1. The van der Waals surface area contributed by atoms with Crippen LogP contribution in [0.2, 0.25) is 0 Å². The van der Waals surface area contributed by atoms with Gasteiger partial charge in [0.2, 0.25) is 5.91 Å². The molecule has 0 fully saturated rings. The summed E-state index contributed by atoms with van der Waals surface area (Å²) in [4.78, 5) is 35.7. The molecule has 0 aliphatic heterocycles. The van der Waals surface area contributed by atoms with Crippen LogP contribution in [-0.4, -0.2) is 41.8 Å². The van der Waals surface area contributed by atoms with Crippen LogP contribution < -0.4 is 10.6 Å². The largest absolute Gasteiger partial charge is 0.481 e. The fraction of sp³-hybridized carbons (Fsp3) is 0.423. The highest BCUT2D eigenvalue weighted by Crippen LogP contribution is 2.44. The quantitative estimate of drug-likeness (QED) is 0.467. The van der Waals surface area contributed by atoms with Crippen molar-refractivity contribution >= 4 is 18.0 Å². The van der Waals surface area contributed by atoms with Gasteiger partial charge >= 0.3 is 12.1 Å². The SMILES string of the molecule is CCCCC(CC(=O)N[C@@H](C)CC(=O)O)NC(=O)OCC1c2ccccc2-c2ccccc21. The van der Waals surface area contributed by atoms with E-state index in [1.165, 1.54) is 0 Å². The van der Waals surface area contributed by atoms with E-state index in [1.807, 2.05) is 31.2 Å². The van der Waals surface area contributed by atoms with Gasteiger partial charge in [-0.2, -0.15) is 0 Å². The number of ether oxygens (including phenoxy) is 1. The maximum absolute atomic E-state index is 12.6. The molecule has 0 bridgehead atoms. The predicted molar refractivity (Wildman–Crippen MR) is 126 cm³/mol. The Morgan fingerprint density at radius 1 is 0.970 bits per heavy atom. The number of carboxylic acids is 1. The molecule has 7 nitrogen and oxygen atoms in total.